The molecule has 0 unspecified atom stereocenters. The van der Waals surface area contributed by atoms with Crippen LogP contribution in [-0.4, -0.2) is 53.2 Å². The van der Waals surface area contributed by atoms with Crippen LogP contribution in [0.2, 0.25) is 0 Å². The molecule has 2 heterocycles. The fraction of sp³-hybridized carbons (Fsp3) is 0.227. The maximum atomic E-state index is 12.4. The summed E-state index contributed by atoms with van der Waals surface area (Å²) in [5.74, 6) is -0.967. The van der Waals surface area contributed by atoms with Crippen molar-refractivity contribution in [2.24, 2.45) is 0 Å². The van der Waals surface area contributed by atoms with E-state index in [1.54, 1.807) is 11.0 Å². The Balaban J connectivity index is 1.27. The lowest BCUT2D eigenvalue weighted by molar-refractivity contribution is -0.131. The third kappa shape index (κ3) is 4.77. The molecule has 0 aliphatic carbocycles. The van der Waals surface area contributed by atoms with Gasteiger partial charge in [-0.2, -0.15) is 0 Å². The van der Waals surface area contributed by atoms with E-state index in [1.807, 2.05) is 48.5 Å². The molecule has 3 aromatic rings. The SMILES string of the molecule is O=C(O)/C=C/c1ccc(N2CCN(C(=O)OCc3nc4ccccc4s3)CC2)cc1. The summed E-state index contributed by atoms with van der Waals surface area (Å²) in [5, 5.41) is 9.49. The molecule has 1 fully saturated rings. The van der Waals surface area contributed by atoms with Gasteiger partial charge in [0.1, 0.15) is 11.6 Å². The van der Waals surface area contributed by atoms with Crippen molar-refractivity contribution in [2.75, 3.05) is 31.1 Å². The molecule has 8 heteroatoms. The van der Waals surface area contributed by atoms with E-state index in [2.05, 4.69) is 9.88 Å². The van der Waals surface area contributed by atoms with Crippen molar-refractivity contribution >= 4 is 45.4 Å². The van der Waals surface area contributed by atoms with E-state index in [0.29, 0.717) is 26.2 Å². The van der Waals surface area contributed by atoms with Gasteiger partial charge in [-0.15, -0.1) is 11.3 Å². The Bertz CT molecular complexity index is 1040. The van der Waals surface area contributed by atoms with Gasteiger partial charge in [0.05, 0.1) is 10.2 Å². The average Bonchev–Trinajstić information content (AvgIpc) is 3.19. The lowest BCUT2D eigenvalue weighted by Crippen LogP contribution is -2.48. The van der Waals surface area contributed by atoms with Gasteiger partial charge in [0, 0.05) is 37.9 Å². The predicted octanol–water partition coefficient (Wildman–Crippen LogP) is 3.85. The number of piperazine rings is 1. The van der Waals surface area contributed by atoms with Crippen LogP contribution in [0.1, 0.15) is 10.6 Å². The molecule has 1 amide bonds. The van der Waals surface area contributed by atoms with E-state index >= 15 is 0 Å². The third-order valence-corrected chi connectivity index (χ3v) is 5.88. The van der Waals surface area contributed by atoms with Crippen molar-refractivity contribution in [3.05, 3.63) is 65.2 Å². The van der Waals surface area contributed by atoms with Crippen molar-refractivity contribution in [1.82, 2.24) is 9.88 Å². The van der Waals surface area contributed by atoms with Gasteiger partial charge in [-0.1, -0.05) is 24.3 Å². The number of amides is 1. The molecule has 0 bridgehead atoms. The van der Waals surface area contributed by atoms with Crippen molar-refractivity contribution in [2.45, 2.75) is 6.61 Å². The van der Waals surface area contributed by atoms with Crippen molar-refractivity contribution in [1.29, 1.82) is 0 Å². The zero-order chi connectivity index (χ0) is 20.9. The number of ether oxygens (including phenoxy) is 1. The van der Waals surface area contributed by atoms with Crippen LogP contribution in [0.25, 0.3) is 16.3 Å². The minimum Gasteiger partial charge on any atom is -0.478 e. The molecule has 0 saturated carbocycles. The maximum absolute atomic E-state index is 12.4. The average molecular weight is 423 g/mol. The molecule has 7 nitrogen and oxygen atoms in total. The first-order chi connectivity index (χ1) is 14.6. The number of aromatic nitrogens is 1. The van der Waals surface area contributed by atoms with Gasteiger partial charge >= 0.3 is 12.1 Å². The molecule has 0 atom stereocenters. The number of rotatable bonds is 5. The van der Waals surface area contributed by atoms with Crippen molar-refractivity contribution < 1.29 is 19.4 Å². The first kappa shape index (κ1) is 19.9. The van der Waals surface area contributed by atoms with Crippen LogP contribution in [0.4, 0.5) is 10.5 Å². The molecule has 1 aliphatic heterocycles. The predicted molar refractivity (Wildman–Crippen MR) is 117 cm³/mol. The molecule has 1 N–H and O–H groups in total. The van der Waals surface area contributed by atoms with Crippen LogP contribution in [0.3, 0.4) is 0 Å². The van der Waals surface area contributed by atoms with E-state index < -0.39 is 5.97 Å². The number of para-hydroxylation sites is 1. The van der Waals surface area contributed by atoms with Crippen molar-refractivity contribution in [3.63, 3.8) is 0 Å². The second-order valence-electron chi connectivity index (χ2n) is 6.87. The number of carboxylic acid groups (broad SMARTS) is 1. The van der Waals surface area contributed by atoms with Gasteiger partial charge < -0.3 is 19.6 Å². The highest BCUT2D eigenvalue weighted by atomic mass is 32.1. The molecule has 1 saturated heterocycles. The number of hydrogen-bond donors (Lipinski definition) is 1. The maximum Gasteiger partial charge on any atom is 0.410 e. The second-order valence-corrected chi connectivity index (χ2v) is 7.98. The van der Waals surface area contributed by atoms with Crippen LogP contribution in [-0.2, 0) is 16.1 Å². The van der Waals surface area contributed by atoms with Crippen LogP contribution < -0.4 is 4.90 Å². The lowest BCUT2D eigenvalue weighted by Gasteiger charge is -2.35. The molecule has 1 aromatic heterocycles. The summed E-state index contributed by atoms with van der Waals surface area (Å²) >= 11 is 1.54. The van der Waals surface area contributed by atoms with Gasteiger partial charge in [-0.05, 0) is 35.9 Å². The van der Waals surface area contributed by atoms with E-state index in [1.165, 1.54) is 11.3 Å². The summed E-state index contributed by atoms with van der Waals surface area (Å²) in [6, 6.07) is 15.6. The highest BCUT2D eigenvalue weighted by Crippen LogP contribution is 2.22. The van der Waals surface area contributed by atoms with E-state index in [-0.39, 0.29) is 12.7 Å². The topological polar surface area (TPSA) is 83.0 Å². The van der Waals surface area contributed by atoms with Crippen LogP contribution in [0.15, 0.2) is 54.6 Å². The normalized spacial score (nSPS) is 14.4. The Labute approximate surface area is 177 Å². The molecular formula is C22H21N3O4S. The Morgan fingerprint density at radius 1 is 1.07 bits per heavy atom. The highest BCUT2D eigenvalue weighted by molar-refractivity contribution is 7.18. The Kier molecular flexibility index (Phi) is 5.94. The summed E-state index contributed by atoms with van der Waals surface area (Å²) < 4.78 is 6.55. The highest BCUT2D eigenvalue weighted by Gasteiger charge is 2.22. The number of carboxylic acids is 1. The largest absolute Gasteiger partial charge is 0.478 e. The van der Waals surface area contributed by atoms with E-state index in [9.17, 15) is 9.59 Å². The third-order valence-electron chi connectivity index (χ3n) is 4.87. The molecular weight excluding hydrogens is 402 g/mol. The number of hydrogen-bond acceptors (Lipinski definition) is 6. The van der Waals surface area contributed by atoms with Crippen LogP contribution >= 0.6 is 11.3 Å². The summed E-state index contributed by atoms with van der Waals surface area (Å²) in [5.41, 5.74) is 2.80. The number of carbonyl (C=O) groups excluding carboxylic acids is 1. The number of fused-ring (bicyclic) bond motifs is 1. The number of nitrogens with zero attached hydrogens (tertiary/aromatic N) is 3. The van der Waals surface area contributed by atoms with Gasteiger partial charge in [0.2, 0.25) is 0 Å². The zero-order valence-corrected chi connectivity index (χ0v) is 17.0. The van der Waals surface area contributed by atoms with E-state index in [4.69, 9.17) is 9.84 Å². The standard InChI is InChI=1S/C22H21N3O4S/c26-21(27)10-7-16-5-8-17(9-6-16)24-11-13-25(14-12-24)22(28)29-15-20-23-18-3-1-2-4-19(18)30-20/h1-10H,11-15H2,(H,26,27)/b10-7+. The number of aliphatic carboxylic acids is 1. The Morgan fingerprint density at radius 2 is 1.80 bits per heavy atom. The molecule has 0 radical (unpaired) electrons. The summed E-state index contributed by atoms with van der Waals surface area (Å²) in [7, 11) is 0. The minimum absolute atomic E-state index is 0.184. The lowest BCUT2D eigenvalue weighted by atomic mass is 10.1. The van der Waals surface area contributed by atoms with E-state index in [0.717, 1.165) is 32.6 Å². The first-order valence-electron chi connectivity index (χ1n) is 9.61. The number of benzene rings is 2. The zero-order valence-electron chi connectivity index (χ0n) is 16.2. The number of anilines is 1. The number of carbonyl (C=O) groups is 2. The summed E-state index contributed by atoms with van der Waals surface area (Å²) in [6.07, 6.45) is 2.36. The molecule has 0 spiro atoms. The van der Waals surface area contributed by atoms with Gasteiger partial charge in [0.15, 0.2) is 0 Å². The summed E-state index contributed by atoms with van der Waals surface area (Å²) in [4.78, 5) is 31.4. The Hall–Kier alpha value is -3.39. The minimum atomic E-state index is -0.967. The van der Waals surface area contributed by atoms with Crippen LogP contribution in [0.5, 0.6) is 0 Å². The van der Waals surface area contributed by atoms with Crippen molar-refractivity contribution in [3.8, 4) is 0 Å². The number of thiazole rings is 1. The monoisotopic (exact) mass is 423 g/mol. The smallest absolute Gasteiger partial charge is 0.410 e. The molecule has 154 valence electrons. The molecule has 4 rings (SSSR count). The first-order valence-corrected chi connectivity index (χ1v) is 10.4. The van der Waals surface area contributed by atoms with Gasteiger partial charge in [-0.3, -0.25) is 0 Å². The molecule has 30 heavy (non-hydrogen) atoms. The molecule has 1 aliphatic rings. The second kappa shape index (κ2) is 8.96. The fourth-order valence-electron chi connectivity index (χ4n) is 3.31. The Morgan fingerprint density at radius 3 is 2.50 bits per heavy atom. The molecule has 2 aromatic carbocycles. The summed E-state index contributed by atoms with van der Waals surface area (Å²) in [6.45, 7) is 2.77. The van der Waals surface area contributed by atoms with Crippen LogP contribution in [0, 0.1) is 0 Å². The van der Waals surface area contributed by atoms with Gasteiger partial charge in [-0.25, -0.2) is 14.6 Å². The van der Waals surface area contributed by atoms with Gasteiger partial charge in [0.25, 0.3) is 0 Å². The fourth-order valence-corrected chi connectivity index (χ4v) is 4.19. The quantitative estimate of drug-likeness (QED) is 0.628.